The van der Waals surface area contributed by atoms with Crippen LogP contribution < -0.4 is 0 Å². The fourth-order valence-corrected chi connectivity index (χ4v) is 10.3. The van der Waals surface area contributed by atoms with Crippen LogP contribution in [0.2, 0.25) is 0 Å². The minimum absolute atomic E-state index is 0.953. The van der Waals surface area contributed by atoms with Gasteiger partial charge in [-0.25, -0.2) is 0 Å². The molecule has 0 atom stereocenters. The average Bonchev–Trinajstić information content (AvgIpc) is 3.48. The molecule has 12 aromatic rings. The lowest BCUT2D eigenvalue weighted by Gasteiger charge is -2.19. The van der Waals surface area contributed by atoms with Gasteiger partial charge in [-0.3, -0.25) is 15.0 Å². The van der Waals surface area contributed by atoms with E-state index < -0.39 is 0 Å². The van der Waals surface area contributed by atoms with Crippen molar-refractivity contribution in [1.29, 1.82) is 0 Å². The largest absolute Gasteiger partial charge is 0.256 e. The summed E-state index contributed by atoms with van der Waals surface area (Å²) < 4.78 is 0. The number of pyridine rings is 3. The highest BCUT2D eigenvalue weighted by molar-refractivity contribution is 5.97. The third-order valence-corrected chi connectivity index (χ3v) is 14.3. The Hall–Kier alpha value is -9.57. The van der Waals surface area contributed by atoms with Crippen molar-refractivity contribution in [2.45, 2.75) is 20.8 Å². The minimum Gasteiger partial charge on any atom is -0.256 e. The summed E-state index contributed by atoms with van der Waals surface area (Å²) in [5.74, 6) is 0. The molecule has 0 aliphatic rings. The van der Waals surface area contributed by atoms with Gasteiger partial charge in [0.05, 0.1) is 17.1 Å². The summed E-state index contributed by atoms with van der Waals surface area (Å²) in [6.07, 6.45) is 5.76. The fraction of sp³-hybridized carbons (Fsp3) is 0.0417. The van der Waals surface area contributed by atoms with Crippen LogP contribution in [0.1, 0.15) is 16.7 Å². The monoisotopic (exact) mass is 959 g/mol. The van der Waals surface area contributed by atoms with E-state index >= 15 is 0 Å². The van der Waals surface area contributed by atoms with E-state index in [1.165, 1.54) is 16.7 Å². The molecule has 0 unspecified atom stereocenters. The lowest BCUT2D eigenvalue weighted by atomic mass is 9.84. The molecule has 0 N–H and O–H groups in total. The zero-order valence-electron chi connectivity index (χ0n) is 42.2. The lowest BCUT2D eigenvalue weighted by Crippen LogP contribution is -1.94. The third-order valence-electron chi connectivity index (χ3n) is 14.3. The Morgan fingerprint density at radius 1 is 0.200 bits per heavy atom. The van der Waals surface area contributed by atoms with Crippen molar-refractivity contribution in [3.63, 3.8) is 0 Å². The Morgan fingerprint density at radius 2 is 0.573 bits per heavy atom. The maximum atomic E-state index is 4.84. The molecular formula is C72H53N3. The Bertz CT molecular complexity index is 3820. The average molecular weight is 960 g/mol. The van der Waals surface area contributed by atoms with Crippen LogP contribution in [0.5, 0.6) is 0 Å². The number of hydrogen-bond donors (Lipinski definition) is 0. The molecule has 9 aromatic carbocycles. The first-order valence-electron chi connectivity index (χ1n) is 25.6. The maximum absolute atomic E-state index is 4.84. The van der Waals surface area contributed by atoms with Crippen LogP contribution in [0.3, 0.4) is 0 Å². The van der Waals surface area contributed by atoms with E-state index in [0.29, 0.717) is 0 Å². The van der Waals surface area contributed by atoms with Crippen LogP contribution >= 0.6 is 0 Å². The van der Waals surface area contributed by atoms with Crippen molar-refractivity contribution >= 4 is 0 Å². The summed E-state index contributed by atoms with van der Waals surface area (Å²) in [6, 6.07) is 90.4. The van der Waals surface area contributed by atoms with Crippen LogP contribution in [0.15, 0.2) is 267 Å². The Labute approximate surface area is 440 Å². The number of aromatic nitrogens is 3. The van der Waals surface area contributed by atoms with Crippen molar-refractivity contribution in [2.24, 2.45) is 0 Å². The molecule has 0 aliphatic heterocycles. The summed E-state index contributed by atoms with van der Waals surface area (Å²) in [7, 11) is 0. The van der Waals surface area contributed by atoms with Gasteiger partial charge in [-0.05, 0) is 175 Å². The van der Waals surface area contributed by atoms with Crippen LogP contribution in [-0.2, 0) is 0 Å². The second-order valence-corrected chi connectivity index (χ2v) is 19.5. The van der Waals surface area contributed by atoms with Crippen molar-refractivity contribution in [3.8, 4) is 123 Å². The van der Waals surface area contributed by atoms with Crippen molar-refractivity contribution in [1.82, 2.24) is 15.0 Å². The van der Waals surface area contributed by atoms with E-state index in [1.807, 2.05) is 18.6 Å². The number of aryl methyl sites for hydroxylation is 3. The summed E-state index contributed by atoms with van der Waals surface area (Å²) in [4.78, 5) is 14.3. The summed E-state index contributed by atoms with van der Waals surface area (Å²) in [5, 5.41) is 0. The molecule has 3 heteroatoms. The molecule has 0 bridgehead atoms. The second-order valence-electron chi connectivity index (χ2n) is 19.5. The van der Waals surface area contributed by atoms with Gasteiger partial charge in [-0.1, -0.05) is 200 Å². The molecule has 0 saturated carbocycles. The number of benzene rings is 9. The second kappa shape index (κ2) is 20.5. The van der Waals surface area contributed by atoms with E-state index in [9.17, 15) is 0 Å². The van der Waals surface area contributed by atoms with E-state index in [0.717, 1.165) is 123 Å². The van der Waals surface area contributed by atoms with Gasteiger partial charge < -0.3 is 0 Å². The van der Waals surface area contributed by atoms with Crippen LogP contribution in [0.4, 0.5) is 0 Å². The lowest BCUT2D eigenvalue weighted by molar-refractivity contribution is 1.27. The Balaban J connectivity index is 1.03. The van der Waals surface area contributed by atoms with Gasteiger partial charge >= 0.3 is 0 Å². The number of nitrogens with zero attached hydrogens (tertiary/aromatic N) is 3. The number of hydrogen-bond acceptors (Lipinski definition) is 3. The van der Waals surface area contributed by atoms with Gasteiger partial charge in [0, 0.05) is 35.3 Å². The van der Waals surface area contributed by atoms with E-state index in [1.54, 1.807) is 0 Å². The van der Waals surface area contributed by atoms with Crippen molar-refractivity contribution < 1.29 is 0 Å². The topological polar surface area (TPSA) is 38.7 Å². The normalized spacial score (nSPS) is 11.1. The first kappa shape index (κ1) is 46.5. The summed E-state index contributed by atoms with van der Waals surface area (Å²) in [6.45, 7) is 6.26. The predicted octanol–water partition coefficient (Wildman–Crippen LogP) is 19.1. The van der Waals surface area contributed by atoms with Gasteiger partial charge in [0.25, 0.3) is 0 Å². The molecule has 0 aliphatic carbocycles. The first-order valence-corrected chi connectivity index (χ1v) is 25.6. The van der Waals surface area contributed by atoms with Gasteiger partial charge in [0.2, 0.25) is 0 Å². The fourth-order valence-electron chi connectivity index (χ4n) is 10.3. The highest BCUT2D eigenvalue weighted by atomic mass is 14.7. The Morgan fingerprint density at radius 3 is 1.04 bits per heavy atom. The third kappa shape index (κ3) is 9.76. The molecule has 0 fully saturated rings. The van der Waals surface area contributed by atoms with Gasteiger partial charge in [0.15, 0.2) is 0 Å². The maximum Gasteiger partial charge on any atom is 0.0704 e. The van der Waals surface area contributed by atoms with Gasteiger partial charge in [-0.15, -0.1) is 0 Å². The summed E-state index contributed by atoms with van der Waals surface area (Å²) >= 11 is 0. The van der Waals surface area contributed by atoms with E-state index in [2.05, 4.69) is 269 Å². The zero-order valence-corrected chi connectivity index (χ0v) is 42.2. The summed E-state index contributed by atoms with van der Waals surface area (Å²) in [5.41, 5.74) is 28.0. The smallest absolute Gasteiger partial charge is 0.0704 e. The molecule has 356 valence electrons. The predicted molar refractivity (Wildman–Crippen MR) is 314 cm³/mol. The van der Waals surface area contributed by atoms with Crippen molar-refractivity contribution in [3.05, 3.63) is 284 Å². The molecule has 3 nitrogen and oxygen atoms in total. The first-order chi connectivity index (χ1) is 36.9. The molecule has 3 heterocycles. The molecule has 0 amide bonds. The van der Waals surface area contributed by atoms with Crippen LogP contribution in [-0.4, -0.2) is 15.0 Å². The highest BCUT2D eigenvalue weighted by Gasteiger charge is 2.19. The molecule has 75 heavy (non-hydrogen) atoms. The van der Waals surface area contributed by atoms with Crippen LogP contribution in [0.25, 0.3) is 123 Å². The quantitative estimate of drug-likeness (QED) is 0.130. The molecular weight excluding hydrogens is 907 g/mol. The molecule has 0 spiro atoms. The Kier molecular flexibility index (Phi) is 12.7. The van der Waals surface area contributed by atoms with E-state index in [4.69, 9.17) is 15.0 Å². The molecule has 0 radical (unpaired) electrons. The highest BCUT2D eigenvalue weighted by Crippen LogP contribution is 2.45. The SMILES string of the molecule is Cc1ccc(-c2ccc(-c3ccccc3-c3cc(-c4ccccc4-c4ccc(-c5ccc(C)cn5)cc4)cc(-c4ccccc4-c4ccc(-c5cc(C)ccn5)cc4-c4ccc(-c5ccccc5)cc4)c3)cc2)nc1. The minimum atomic E-state index is 0.953. The zero-order chi connectivity index (χ0) is 50.7. The van der Waals surface area contributed by atoms with Gasteiger partial charge in [0.1, 0.15) is 0 Å². The van der Waals surface area contributed by atoms with Gasteiger partial charge in [-0.2, -0.15) is 0 Å². The standard InChI is InChI=1S/C72H53N3/c1-48-39-40-73-72(41-48)58-35-36-68(69(45-58)55-25-23-52(24-26-55)51-13-5-4-6-14-51)67-20-12-11-19-66(67)61-43-59(64-17-9-7-15-62(64)53-27-31-56(32-28-53)70-37-21-49(2)46-74-70)42-60(44-61)65-18-10-8-16-63(65)54-29-33-57(34-30-54)71-38-22-50(3)47-75-71/h4-47H,1-3H3. The molecule has 3 aromatic heterocycles. The van der Waals surface area contributed by atoms with Crippen molar-refractivity contribution in [2.75, 3.05) is 0 Å². The molecule has 0 saturated heterocycles. The van der Waals surface area contributed by atoms with E-state index in [-0.39, 0.29) is 0 Å². The number of rotatable bonds is 11. The van der Waals surface area contributed by atoms with Crippen LogP contribution in [0, 0.1) is 20.8 Å². The molecule has 12 rings (SSSR count).